The van der Waals surface area contributed by atoms with Gasteiger partial charge in [-0.05, 0) is 18.4 Å². The van der Waals surface area contributed by atoms with Crippen LogP contribution in [0.5, 0.6) is 0 Å². The molecule has 1 N–H and O–H groups in total. The van der Waals surface area contributed by atoms with Gasteiger partial charge >= 0.3 is 12.1 Å². The first-order valence-electron chi connectivity index (χ1n) is 7.35. The van der Waals surface area contributed by atoms with Crippen molar-refractivity contribution >= 4 is 12.1 Å². The molecule has 0 spiro atoms. The molecule has 1 amide bonds. The van der Waals surface area contributed by atoms with Crippen molar-refractivity contribution in [2.45, 2.75) is 39.3 Å². The number of nitrogens with one attached hydrogen (secondary N) is 1. The summed E-state index contributed by atoms with van der Waals surface area (Å²) < 4.78 is 9.83. The molecule has 1 unspecified atom stereocenters. The van der Waals surface area contributed by atoms with E-state index in [4.69, 9.17) is 9.47 Å². The van der Waals surface area contributed by atoms with E-state index in [1.807, 2.05) is 44.2 Å². The van der Waals surface area contributed by atoms with Crippen LogP contribution in [0.25, 0.3) is 0 Å². The average Bonchev–Trinajstić information content (AvgIpc) is 2.56. The van der Waals surface area contributed by atoms with E-state index in [1.165, 1.54) is 7.11 Å². The number of benzene rings is 1. The Kier molecular flexibility index (Phi) is 7.75. The predicted molar refractivity (Wildman–Crippen MR) is 84.2 cm³/mol. The van der Waals surface area contributed by atoms with Crippen LogP contribution >= 0.6 is 0 Å². The van der Waals surface area contributed by atoms with Gasteiger partial charge in [-0.15, -0.1) is 0 Å². The number of amides is 1. The zero-order valence-electron chi connectivity index (χ0n) is 13.3. The number of alkyl carbamates (subject to hydrolysis) is 1. The van der Waals surface area contributed by atoms with Gasteiger partial charge in [-0.2, -0.15) is 0 Å². The Bertz CT molecular complexity index is 505. The lowest BCUT2D eigenvalue weighted by atomic mass is 10.1. The number of hydrogen-bond acceptors (Lipinski definition) is 4. The molecular formula is C17H23NO4. The number of rotatable bonds is 7. The number of allylic oxidation sites excluding steroid dienone is 1. The maximum Gasteiger partial charge on any atom is 0.408 e. The lowest BCUT2D eigenvalue weighted by molar-refractivity contribution is -0.141. The first-order chi connectivity index (χ1) is 10.6. The highest BCUT2D eigenvalue weighted by Crippen LogP contribution is 2.08. The number of ether oxygens (including phenoxy) is 2. The summed E-state index contributed by atoms with van der Waals surface area (Å²) in [5.74, 6) is -0.518. The van der Waals surface area contributed by atoms with Gasteiger partial charge in [0.25, 0.3) is 0 Å². The van der Waals surface area contributed by atoms with Crippen LogP contribution in [0.3, 0.4) is 0 Å². The highest BCUT2D eigenvalue weighted by atomic mass is 16.6. The average molecular weight is 305 g/mol. The fraction of sp³-hybridized carbons (Fsp3) is 0.412. The third kappa shape index (κ3) is 5.99. The summed E-state index contributed by atoms with van der Waals surface area (Å²) in [4.78, 5) is 23.6. The standard InChI is InChI=1S/C17H23NO4/c1-4-13(5-2)11-15(16(19)21-3)18-17(20)22-12-14-9-7-6-8-10-14/h6-11,15H,4-5,12H2,1-3H3,(H,18,20). The minimum Gasteiger partial charge on any atom is -0.467 e. The second kappa shape index (κ2) is 9.60. The lowest BCUT2D eigenvalue weighted by Crippen LogP contribution is -2.40. The van der Waals surface area contributed by atoms with E-state index in [1.54, 1.807) is 6.08 Å². The summed E-state index contributed by atoms with van der Waals surface area (Å²) in [7, 11) is 1.29. The monoisotopic (exact) mass is 305 g/mol. The molecule has 1 atom stereocenters. The van der Waals surface area contributed by atoms with E-state index in [0.717, 1.165) is 24.0 Å². The minimum atomic E-state index is -0.830. The molecule has 0 aliphatic heterocycles. The van der Waals surface area contributed by atoms with E-state index < -0.39 is 18.1 Å². The third-order valence-electron chi connectivity index (χ3n) is 3.25. The highest BCUT2D eigenvalue weighted by molar-refractivity contribution is 5.83. The molecular weight excluding hydrogens is 282 g/mol. The molecule has 0 aliphatic rings. The van der Waals surface area contributed by atoms with Crippen molar-refractivity contribution in [3.05, 3.63) is 47.5 Å². The Labute approximate surface area is 131 Å². The number of carbonyl (C=O) groups is 2. The Hall–Kier alpha value is -2.30. The molecule has 1 rings (SSSR count). The van der Waals surface area contributed by atoms with Crippen LogP contribution in [0.1, 0.15) is 32.3 Å². The van der Waals surface area contributed by atoms with Crippen molar-refractivity contribution in [1.82, 2.24) is 5.32 Å². The summed E-state index contributed by atoms with van der Waals surface area (Å²) in [5, 5.41) is 2.52. The molecule has 5 nitrogen and oxygen atoms in total. The molecule has 0 radical (unpaired) electrons. The smallest absolute Gasteiger partial charge is 0.408 e. The van der Waals surface area contributed by atoms with Gasteiger partial charge in [0, 0.05) is 0 Å². The first-order valence-corrected chi connectivity index (χ1v) is 7.35. The van der Waals surface area contributed by atoms with Crippen LogP contribution in [0.15, 0.2) is 42.0 Å². The number of esters is 1. The van der Waals surface area contributed by atoms with Crippen molar-refractivity contribution in [2.75, 3.05) is 7.11 Å². The van der Waals surface area contributed by atoms with Crippen LogP contribution in [-0.4, -0.2) is 25.2 Å². The predicted octanol–water partition coefficient (Wildman–Crippen LogP) is 3.20. The molecule has 0 fully saturated rings. The van der Waals surface area contributed by atoms with Gasteiger partial charge in [-0.3, -0.25) is 0 Å². The first kappa shape index (κ1) is 17.8. The van der Waals surface area contributed by atoms with Crippen LogP contribution in [-0.2, 0) is 20.9 Å². The van der Waals surface area contributed by atoms with Gasteiger partial charge in [-0.25, -0.2) is 9.59 Å². The van der Waals surface area contributed by atoms with Crippen LogP contribution in [0.4, 0.5) is 4.79 Å². The number of methoxy groups -OCH3 is 1. The van der Waals surface area contributed by atoms with E-state index in [-0.39, 0.29) is 6.61 Å². The number of hydrogen-bond donors (Lipinski definition) is 1. The van der Waals surface area contributed by atoms with E-state index >= 15 is 0 Å². The molecule has 1 aromatic carbocycles. The van der Waals surface area contributed by atoms with E-state index in [2.05, 4.69) is 5.32 Å². The molecule has 0 saturated carbocycles. The van der Waals surface area contributed by atoms with Crippen molar-refractivity contribution in [2.24, 2.45) is 0 Å². The van der Waals surface area contributed by atoms with Gasteiger partial charge < -0.3 is 14.8 Å². The summed E-state index contributed by atoms with van der Waals surface area (Å²) in [6.45, 7) is 4.15. The summed E-state index contributed by atoms with van der Waals surface area (Å²) in [6.07, 6.45) is 2.69. The van der Waals surface area contributed by atoms with Gasteiger partial charge in [0.05, 0.1) is 7.11 Å². The van der Waals surface area contributed by atoms with Crippen LogP contribution in [0, 0.1) is 0 Å². The Balaban J connectivity index is 2.63. The fourth-order valence-corrected chi connectivity index (χ4v) is 1.91. The minimum absolute atomic E-state index is 0.151. The Morgan fingerprint density at radius 2 is 1.82 bits per heavy atom. The second-order valence-electron chi connectivity index (χ2n) is 4.74. The van der Waals surface area contributed by atoms with Gasteiger partial charge in [0.1, 0.15) is 12.6 Å². The Morgan fingerprint density at radius 1 is 1.18 bits per heavy atom. The molecule has 0 aromatic heterocycles. The topological polar surface area (TPSA) is 64.6 Å². The van der Waals surface area contributed by atoms with E-state index in [0.29, 0.717) is 0 Å². The third-order valence-corrected chi connectivity index (χ3v) is 3.25. The number of carbonyl (C=O) groups excluding carboxylic acids is 2. The van der Waals surface area contributed by atoms with Crippen molar-refractivity contribution < 1.29 is 19.1 Å². The molecule has 0 bridgehead atoms. The fourth-order valence-electron chi connectivity index (χ4n) is 1.91. The molecule has 120 valence electrons. The van der Waals surface area contributed by atoms with Gasteiger partial charge in [0.15, 0.2) is 0 Å². The molecule has 0 aliphatic carbocycles. The highest BCUT2D eigenvalue weighted by Gasteiger charge is 2.20. The van der Waals surface area contributed by atoms with Crippen LogP contribution in [0.2, 0.25) is 0 Å². The van der Waals surface area contributed by atoms with Gasteiger partial charge in [-0.1, -0.05) is 55.8 Å². The molecule has 0 saturated heterocycles. The van der Waals surface area contributed by atoms with E-state index in [9.17, 15) is 9.59 Å². The molecule has 5 heteroatoms. The zero-order chi connectivity index (χ0) is 16.4. The maximum atomic E-state index is 11.8. The molecule has 22 heavy (non-hydrogen) atoms. The summed E-state index contributed by atoms with van der Waals surface area (Å²) in [6, 6.07) is 8.51. The zero-order valence-corrected chi connectivity index (χ0v) is 13.3. The molecule has 0 heterocycles. The van der Waals surface area contributed by atoms with Crippen molar-refractivity contribution in [1.29, 1.82) is 0 Å². The largest absolute Gasteiger partial charge is 0.467 e. The quantitative estimate of drug-likeness (QED) is 0.620. The second-order valence-corrected chi connectivity index (χ2v) is 4.74. The van der Waals surface area contributed by atoms with Gasteiger partial charge in [0.2, 0.25) is 0 Å². The normalized spacial score (nSPS) is 11.2. The lowest BCUT2D eigenvalue weighted by Gasteiger charge is -2.15. The SMILES string of the molecule is CCC(=CC(NC(=O)OCc1ccccc1)C(=O)OC)CC. The molecule has 1 aromatic rings. The maximum absolute atomic E-state index is 11.8. The Morgan fingerprint density at radius 3 is 2.36 bits per heavy atom. The van der Waals surface area contributed by atoms with Crippen molar-refractivity contribution in [3.63, 3.8) is 0 Å². The van der Waals surface area contributed by atoms with Crippen molar-refractivity contribution in [3.8, 4) is 0 Å². The van der Waals surface area contributed by atoms with Crippen LogP contribution < -0.4 is 5.32 Å². The summed E-state index contributed by atoms with van der Waals surface area (Å²) in [5.41, 5.74) is 1.95. The summed E-state index contributed by atoms with van der Waals surface area (Å²) >= 11 is 0.